The summed E-state index contributed by atoms with van der Waals surface area (Å²) in [7, 11) is 0. The molecule has 18 heteroatoms. The molecule has 16 nitrogen and oxygen atoms in total. The number of hydrogen-bond acceptors (Lipinski definition) is 12. The van der Waals surface area contributed by atoms with Crippen molar-refractivity contribution in [2.45, 2.75) is 12.8 Å². The normalized spacial score (nSPS) is 10.3. The standard InChI is InChI=1S/C16H8Cl2N4O12/c17-15-9(19(25)26)3-7(4-10(15)20(27)28)33-13(23)1-2-14(24)34-8-5-11(21(29)30)16(18)12(6-8)22(31)32/h3-6H,1-2H2. The fourth-order valence-electron chi connectivity index (χ4n) is 2.36. The third kappa shape index (κ3) is 6.08. The second-order valence-electron chi connectivity index (χ2n) is 6.03. The number of hydrogen-bond donors (Lipinski definition) is 0. The molecule has 2 aromatic rings. The van der Waals surface area contributed by atoms with Crippen LogP contribution in [-0.2, 0) is 9.59 Å². The van der Waals surface area contributed by atoms with E-state index in [-0.39, 0.29) is 0 Å². The van der Waals surface area contributed by atoms with Gasteiger partial charge in [0.2, 0.25) is 0 Å². The van der Waals surface area contributed by atoms with E-state index < -0.39 is 88.8 Å². The van der Waals surface area contributed by atoms with E-state index in [9.17, 15) is 50.0 Å². The van der Waals surface area contributed by atoms with E-state index in [2.05, 4.69) is 0 Å². The Balaban J connectivity index is 2.11. The summed E-state index contributed by atoms with van der Waals surface area (Å²) < 4.78 is 9.52. The lowest BCUT2D eigenvalue weighted by Crippen LogP contribution is -2.14. The number of halogens is 2. The maximum absolute atomic E-state index is 11.9. The zero-order valence-electron chi connectivity index (χ0n) is 16.2. The van der Waals surface area contributed by atoms with Gasteiger partial charge in [0.15, 0.2) is 10.0 Å². The molecule has 0 saturated heterocycles. The van der Waals surface area contributed by atoms with Gasteiger partial charge >= 0.3 is 11.9 Å². The van der Waals surface area contributed by atoms with Gasteiger partial charge in [0.05, 0.1) is 56.8 Å². The first-order chi connectivity index (χ1) is 15.8. The molecule has 0 aromatic heterocycles. The van der Waals surface area contributed by atoms with E-state index in [1.54, 1.807) is 0 Å². The maximum Gasteiger partial charge on any atom is 0.311 e. The van der Waals surface area contributed by atoms with Gasteiger partial charge in [-0.25, -0.2) is 0 Å². The largest absolute Gasteiger partial charge is 0.426 e. The molecule has 0 spiro atoms. The average Bonchev–Trinajstić information content (AvgIpc) is 2.73. The van der Waals surface area contributed by atoms with Crippen LogP contribution in [0.15, 0.2) is 24.3 Å². The molecule has 0 saturated carbocycles. The fourth-order valence-corrected chi connectivity index (χ4v) is 2.85. The van der Waals surface area contributed by atoms with Crippen molar-refractivity contribution in [1.82, 2.24) is 0 Å². The number of nitro benzene ring substituents is 4. The summed E-state index contributed by atoms with van der Waals surface area (Å²) in [6.45, 7) is 0. The van der Waals surface area contributed by atoms with Crippen molar-refractivity contribution in [2.75, 3.05) is 0 Å². The molecule has 0 radical (unpaired) electrons. The monoisotopic (exact) mass is 518 g/mol. The summed E-state index contributed by atoms with van der Waals surface area (Å²) in [5.41, 5.74) is -3.60. The second-order valence-corrected chi connectivity index (χ2v) is 6.78. The first-order valence-corrected chi connectivity index (χ1v) is 9.23. The van der Waals surface area contributed by atoms with Crippen LogP contribution in [0.4, 0.5) is 22.7 Å². The van der Waals surface area contributed by atoms with E-state index in [0.29, 0.717) is 24.3 Å². The van der Waals surface area contributed by atoms with Gasteiger partial charge in [-0.1, -0.05) is 23.2 Å². The Bertz CT molecular complexity index is 1080. The average molecular weight is 519 g/mol. The quantitative estimate of drug-likeness (QED) is 0.199. The Morgan fingerprint density at radius 1 is 0.618 bits per heavy atom. The number of nitrogens with zero attached hydrogens (tertiary/aromatic N) is 4. The van der Waals surface area contributed by atoms with Gasteiger partial charge < -0.3 is 9.47 Å². The van der Waals surface area contributed by atoms with Crippen LogP contribution in [0.2, 0.25) is 10.0 Å². The molecule has 0 N–H and O–H groups in total. The lowest BCUT2D eigenvalue weighted by atomic mass is 10.2. The van der Waals surface area contributed by atoms with E-state index in [1.807, 2.05) is 0 Å². The molecular formula is C16H8Cl2N4O12. The molecular weight excluding hydrogens is 511 g/mol. The molecule has 0 heterocycles. The third-order valence-corrected chi connectivity index (χ3v) is 4.57. The number of rotatable bonds is 9. The third-order valence-electron chi connectivity index (χ3n) is 3.80. The van der Waals surface area contributed by atoms with Crippen LogP contribution >= 0.6 is 23.2 Å². The Kier molecular flexibility index (Phi) is 7.94. The summed E-state index contributed by atoms with van der Waals surface area (Å²) in [6.07, 6.45) is -1.39. The van der Waals surface area contributed by atoms with Crippen molar-refractivity contribution in [3.05, 3.63) is 74.8 Å². The molecule has 2 aromatic carbocycles. The van der Waals surface area contributed by atoms with Crippen LogP contribution in [0.5, 0.6) is 11.5 Å². The minimum atomic E-state index is -1.16. The predicted octanol–water partition coefficient (Wildman–Crippen LogP) is 3.92. The Labute approximate surface area is 196 Å². The van der Waals surface area contributed by atoms with Gasteiger partial charge in [0, 0.05) is 0 Å². The van der Waals surface area contributed by atoms with Gasteiger partial charge in [-0.2, -0.15) is 0 Å². The molecule has 0 aliphatic rings. The first-order valence-electron chi connectivity index (χ1n) is 8.47. The molecule has 178 valence electrons. The molecule has 0 unspecified atom stereocenters. The van der Waals surface area contributed by atoms with Crippen molar-refractivity contribution in [1.29, 1.82) is 0 Å². The van der Waals surface area contributed by atoms with Crippen molar-refractivity contribution in [2.24, 2.45) is 0 Å². The Morgan fingerprint density at radius 2 is 0.853 bits per heavy atom. The van der Waals surface area contributed by atoms with Crippen molar-refractivity contribution in [3.63, 3.8) is 0 Å². The maximum atomic E-state index is 11.9. The highest BCUT2D eigenvalue weighted by Gasteiger charge is 2.28. The minimum Gasteiger partial charge on any atom is -0.426 e. The van der Waals surface area contributed by atoms with Crippen molar-refractivity contribution >= 4 is 57.9 Å². The van der Waals surface area contributed by atoms with Crippen LogP contribution < -0.4 is 9.47 Å². The van der Waals surface area contributed by atoms with E-state index >= 15 is 0 Å². The van der Waals surface area contributed by atoms with E-state index in [4.69, 9.17) is 32.7 Å². The SMILES string of the molecule is O=C(CCC(=O)Oc1cc([N+](=O)[O-])c(Cl)c([N+](=O)[O-])c1)Oc1cc([N+](=O)[O-])c(Cl)c([N+](=O)[O-])c1. The van der Waals surface area contributed by atoms with Crippen molar-refractivity contribution in [3.8, 4) is 11.5 Å². The molecule has 0 aliphatic carbocycles. The molecule has 0 bridgehead atoms. The number of carbonyl (C=O) groups is 2. The van der Waals surface area contributed by atoms with Crippen LogP contribution in [0, 0.1) is 40.5 Å². The summed E-state index contributed by atoms with van der Waals surface area (Å²) in [5, 5.41) is 42.3. The smallest absolute Gasteiger partial charge is 0.311 e. The summed E-state index contributed by atoms with van der Waals surface area (Å²) in [4.78, 5) is 63.7. The zero-order chi connectivity index (χ0) is 25.7. The van der Waals surface area contributed by atoms with Crippen LogP contribution in [0.3, 0.4) is 0 Å². The number of benzene rings is 2. The molecule has 34 heavy (non-hydrogen) atoms. The summed E-state index contributed by atoms with van der Waals surface area (Å²) in [6, 6.07) is 2.66. The van der Waals surface area contributed by atoms with Gasteiger partial charge in [0.1, 0.15) is 11.5 Å². The number of ether oxygens (including phenoxy) is 2. The summed E-state index contributed by atoms with van der Waals surface area (Å²) in [5.74, 6) is -3.50. The highest BCUT2D eigenvalue weighted by molar-refractivity contribution is 6.35. The van der Waals surface area contributed by atoms with Crippen LogP contribution in [0.25, 0.3) is 0 Å². The number of esters is 2. The fraction of sp³-hybridized carbons (Fsp3) is 0.125. The van der Waals surface area contributed by atoms with Gasteiger partial charge in [-0.3, -0.25) is 50.0 Å². The Morgan fingerprint density at radius 3 is 1.06 bits per heavy atom. The number of nitro groups is 4. The van der Waals surface area contributed by atoms with Gasteiger partial charge in [-0.15, -0.1) is 0 Å². The Hall–Kier alpha value is -4.44. The van der Waals surface area contributed by atoms with Crippen LogP contribution in [-0.4, -0.2) is 31.6 Å². The van der Waals surface area contributed by atoms with Gasteiger partial charge in [0.25, 0.3) is 22.7 Å². The predicted molar refractivity (Wildman–Crippen MR) is 110 cm³/mol. The minimum absolute atomic E-state index is 0.592. The number of carbonyl (C=O) groups excluding carboxylic acids is 2. The lowest BCUT2D eigenvalue weighted by molar-refractivity contribution is -0.394. The van der Waals surface area contributed by atoms with Crippen LogP contribution in [0.1, 0.15) is 12.8 Å². The van der Waals surface area contributed by atoms with Crippen molar-refractivity contribution < 1.29 is 38.8 Å². The lowest BCUT2D eigenvalue weighted by Gasteiger charge is -2.07. The summed E-state index contributed by atoms with van der Waals surface area (Å²) >= 11 is 11.2. The molecule has 2 rings (SSSR count). The molecule has 0 amide bonds. The molecule has 0 aliphatic heterocycles. The highest BCUT2D eigenvalue weighted by atomic mass is 35.5. The first kappa shape index (κ1) is 25.8. The molecule has 0 atom stereocenters. The van der Waals surface area contributed by atoms with E-state index in [1.165, 1.54) is 0 Å². The zero-order valence-corrected chi connectivity index (χ0v) is 17.7. The van der Waals surface area contributed by atoms with E-state index in [0.717, 1.165) is 0 Å². The topological polar surface area (TPSA) is 225 Å². The van der Waals surface area contributed by atoms with Gasteiger partial charge in [-0.05, 0) is 0 Å². The second kappa shape index (κ2) is 10.5. The highest BCUT2D eigenvalue weighted by Crippen LogP contribution is 2.39. The molecule has 0 fully saturated rings.